The monoisotopic (exact) mass is 292 g/mol. The van der Waals surface area contributed by atoms with Gasteiger partial charge in [0.15, 0.2) is 0 Å². The van der Waals surface area contributed by atoms with Crippen molar-refractivity contribution in [1.29, 1.82) is 0 Å². The van der Waals surface area contributed by atoms with Crippen LogP contribution in [-0.4, -0.2) is 22.8 Å². The van der Waals surface area contributed by atoms with Crippen LogP contribution in [0.25, 0.3) is 0 Å². The standard InChI is InChI=1S/C15H14ClFN2O/c1-10(11-5-7-18-8-6-11)19(2)15(20)13-9-12(16)3-4-14(13)17/h3-10H,1-2H3. The summed E-state index contributed by atoms with van der Waals surface area (Å²) in [6.45, 7) is 1.87. The third kappa shape index (κ3) is 2.96. The van der Waals surface area contributed by atoms with Gasteiger partial charge in [-0.05, 0) is 42.8 Å². The molecule has 0 aliphatic rings. The Labute approximate surface area is 122 Å². The fourth-order valence-electron chi connectivity index (χ4n) is 1.89. The summed E-state index contributed by atoms with van der Waals surface area (Å²) in [4.78, 5) is 17.8. The molecule has 0 radical (unpaired) electrons. The molecule has 0 N–H and O–H groups in total. The molecule has 0 aliphatic heterocycles. The molecular formula is C15H14ClFN2O. The fourth-order valence-corrected chi connectivity index (χ4v) is 2.06. The predicted molar refractivity (Wildman–Crippen MR) is 76.2 cm³/mol. The van der Waals surface area contributed by atoms with Crippen LogP contribution in [0.3, 0.4) is 0 Å². The van der Waals surface area contributed by atoms with Gasteiger partial charge in [0.05, 0.1) is 11.6 Å². The van der Waals surface area contributed by atoms with Crippen LogP contribution in [0.5, 0.6) is 0 Å². The second-order valence-electron chi connectivity index (χ2n) is 4.50. The van der Waals surface area contributed by atoms with Crippen LogP contribution < -0.4 is 0 Å². The number of aromatic nitrogens is 1. The molecule has 0 saturated carbocycles. The quantitative estimate of drug-likeness (QED) is 0.864. The number of nitrogens with zero attached hydrogens (tertiary/aromatic N) is 2. The van der Waals surface area contributed by atoms with Crippen LogP contribution in [0.1, 0.15) is 28.9 Å². The number of rotatable bonds is 3. The molecule has 0 bridgehead atoms. The van der Waals surface area contributed by atoms with E-state index < -0.39 is 11.7 Å². The van der Waals surface area contributed by atoms with E-state index in [9.17, 15) is 9.18 Å². The number of carbonyl (C=O) groups excluding carboxylic acids is 1. The third-order valence-electron chi connectivity index (χ3n) is 3.25. The lowest BCUT2D eigenvalue weighted by Crippen LogP contribution is -2.30. The van der Waals surface area contributed by atoms with Crippen LogP contribution in [0, 0.1) is 5.82 Å². The molecule has 1 aromatic heterocycles. The number of carbonyl (C=O) groups is 1. The number of hydrogen-bond donors (Lipinski definition) is 0. The highest BCUT2D eigenvalue weighted by molar-refractivity contribution is 6.31. The molecule has 0 spiro atoms. The largest absolute Gasteiger partial charge is 0.335 e. The Bertz CT molecular complexity index is 619. The van der Waals surface area contributed by atoms with E-state index >= 15 is 0 Å². The molecule has 1 atom stereocenters. The van der Waals surface area contributed by atoms with Gasteiger partial charge in [-0.2, -0.15) is 0 Å². The van der Waals surface area contributed by atoms with Crippen molar-refractivity contribution >= 4 is 17.5 Å². The van der Waals surface area contributed by atoms with Gasteiger partial charge in [0, 0.05) is 24.5 Å². The van der Waals surface area contributed by atoms with E-state index in [0.29, 0.717) is 5.02 Å². The Balaban J connectivity index is 2.27. The first-order chi connectivity index (χ1) is 9.50. The summed E-state index contributed by atoms with van der Waals surface area (Å²) >= 11 is 5.82. The minimum atomic E-state index is -0.576. The lowest BCUT2D eigenvalue weighted by molar-refractivity contribution is 0.0738. The molecule has 1 amide bonds. The molecule has 1 heterocycles. The fraction of sp³-hybridized carbons (Fsp3) is 0.200. The minimum absolute atomic E-state index is 0.0269. The van der Waals surface area contributed by atoms with Gasteiger partial charge in [-0.3, -0.25) is 9.78 Å². The van der Waals surface area contributed by atoms with Crippen LogP contribution >= 0.6 is 11.6 Å². The van der Waals surface area contributed by atoms with Crippen LogP contribution in [0.4, 0.5) is 4.39 Å². The Morgan fingerprint density at radius 2 is 1.95 bits per heavy atom. The Morgan fingerprint density at radius 1 is 1.30 bits per heavy atom. The average molecular weight is 293 g/mol. The maximum atomic E-state index is 13.7. The number of pyridine rings is 1. The van der Waals surface area contributed by atoms with Gasteiger partial charge in [-0.1, -0.05) is 11.6 Å². The highest BCUT2D eigenvalue weighted by Crippen LogP contribution is 2.22. The van der Waals surface area contributed by atoms with E-state index in [2.05, 4.69) is 4.98 Å². The molecule has 3 nitrogen and oxygen atoms in total. The first-order valence-electron chi connectivity index (χ1n) is 6.13. The van der Waals surface area contributed by atoms with Gasteiger partial charge in [0.1, 0.15) is 5.82 Å². The molecule has 2 aromatic rings. The SMILES string of the molecule is CC(c1ccncc1)N(C)C(=O)c1cc(Cl)ccc1F. The average Bonchev–Trinajstić information content (AvgIpc) is 2.48. The number of hydrogen-bond acceptors (Lipinski definition) is 2. The smallest absolute Gasteiger partial charge is 0.257 e. The molecular weight excluding hydrogens is 279 g/mol. The summed E-state index contributed by atoms with van der Waals surface area (Å²) in [6.07, 6.45) is 3.31. The lowest BCUT2D eigenvalue weighted by Gasteiger charge is -2.25. The van der Waals surface area contributed by atoms with Crippen LogP contribution in [0.15, 0.2) is 42.7 Å². The zero-order valence-corrected chi connectivity index (χ0v) is 11.9. The summed E-state index contributed by atoms with van der Waals surface area (Å²) in [5.41, 5.74) is 0.902. The predicted octanol–water partition coefficient (Wildman–Crippen LogP) is 3.71. The topological polar surface area (TPSA) is 33.2 Å². The van der Waals surface area contributed by atoms with E-state index in [1.54, 1.807) is 19.4 Å². The molecule has 20 heavy (non-hydrogen) atoms. The van der Waals surface area contributed by atoms with Crippen molar-refractivity contribution in [2.24, 2.45) is 0 Å². The lowest BCUT2D eigenvalue weighted by atomic mass is 10.1. The van der Waals surface area contributed by atoms with Crippen LogP contribution in [-0.2, 0) is 0 Å². The molecule has 1 aromatic carbocycles. The van der Waals surface area contributed by atoms with Crippen molar-refractivity contribution < 1.29 is 9.18 Å². The first kappa shape index (κ1) is 14.5. The zero-order chi connectivity index (χ0) is 14.7. The summed E-state index contributed by atoms with van der Waals surface area (Å²) < 4.78 is 13.7. The number of halogens is 2. The first-order valence-corrected chi connectivity index (χ1v) is 6.50. The second kappa shape index (κ2) is 6.01. The normalized spacial score (nSPS) is 12.0. The van der Waals surface area contributed by atoms with Gasteiger partial charge >= 0.3 is 0 Å². The van der Waals surface area contributed by atoms with Crippen molar-refractivity contribution in [3.05, 3.63) is 64.7 Å². The van der Waals surface area contributed by atoms with Gasteiger partial charge in [0.2, 0.25) is 0 Å². The molecule has 0 fully saturated rings. The number of benzene rings is 1. The van der Waals surface area contributed by atoms with Crippen molar-refractivity contribution in [2.45, 2.75) is 13.0 Å². The molecule has 2 rings (SSSR count). The van der Waals surface area contributed by atoms with E-state index in [1.807, 2.05) is 19.1 Å². The highest BCUT2D eigenvalue weighted by atomic mass is 35.5. The molecule has 5 heteroatoms. The zero-order valence-electron chi connectivity index (χ0n) is 11.2. The maximum Gasteiger partial charge on any atom is 0.257 e. The highest BCUT2D eigenvalue weighted by Gasteiger charge is 2.21. The molecule has 1 unspecified atom stereocenters. The second-order valence-corrected chi connectivity index (χ2v) is 4.93. The van der Waals surface area contributed by atoms with Gasteiger partial charge in [0.25, 0.3) is 5.91 Å². The van der Waals surface area contributed by atoms with Crippen molar-refractivity contribution in [1.82, 2.24) is 9.88 Å². The molecule has 0 aliphatic carbocycles. The van der Waals surface area contributed by atoms with Gasteiger partial charge < -0.3 is 4.90 Å². The number of amides is 1. The van der Waals surface area contributed by atoms with Crippen LogP contribution in [0.2, 0.25) is 5.02 Å². The van der Waals surface area contributed by atoms with E-state index in [4.69, 9.17) is 11.6 Å². The van der Waals surface area contributed by atoms with E-state index in [-0.39, 0.29) is 11.6 Å². The summed E-state index contributed by atoms with van der Waals surface area (Å²) in [5, 5.41) is 0.333. The van der Waals surface area contributed by atoms with Crippen molar-refractivity contribution in [2.75, 3.05) is 7.05 Å². The Kier molecular flexibility index (Phi) is 4.35. The summed E-state index contributed by atoms with van der Waals surface area (Å²) in [6, 6.07) is 7.41. The maximum absolute atomic E-state index is 13.7. The third-order valence-corrected chi connectivity index (χ3v) is 3.48. The summed E-state index contributed by atoms with van der Waals surface area (Å²) in [7, 11) is 1.63. The molecule has 104 valence electrons. The van der Waals surface area contributed by atoms with E-state index in [1.165, 1.54) is 23.1 Å². The van der Waals surface area contributed by atoms with Crippen molar-refractivity contribution in [3.63, 3.8) is 0 Å². The van der Waals surface area contributed by atoms with Gasteiger partial charge in [-0.15, -0.1) is 0 Å². The summed E-state index contributed by atoms with van der Waals surface area (Å²) in [5.74, 6) is -0.984. The Hall–Kier alpha value is -1.94. The van der Waals surface area contributed by atoms with Crippen molar-refractivity contribution in [3.8, 4) is 0 Å². The van der Waals surface area contributed by atoms with Gasteiger partial charge in [-0.25, -0.2) is 4.39 Å². The minimum Gasteiger partial charge on any atom is -0.335 e. The Morgan fingerprint density at radius 3 is 2.60 bits per heavy atom. The molecule has 0 saturated heterocycles. The van der Waals surface area contributed by atoms with E-state index in [0.717, 1.165) is 5.56 Å².